The number of nitrogens with zero attached hydrogens (tertiary/aromatic N) is 2. The molecule has 1 aromatic carbocycles. The molecule has 0 unspecified atom stereocenters. The molecule has 1 aromatic rings. The Hall–Kier alpha value is -2.57. The van der Waals surface area contributed by atoms with Crippen LogP contribution in [0.1, 0.15) is 16.8 Å². The van der Waals surface area contributed by atoms with E-state index < -0.39 is 10.8 Å². The summed E-state index contributed by atoms with van der Waals surface area (Å²) in [7, 11) is 0. The summed E-state index contributed by atoms with van der Waals surface area (Å²) < 4.78 is 0. The molecule has 1 heterocycles. The van der Waals surface area contributed by atoms with E-state index in [1.807, 2.05) is 0 Å². The van der Waals surface area contributed by atoms with Crippen molar-refractivity contribution in [3.05, 3.63) is 39.9 Å². The molecule has 98 valence electrons. The quantitative estimate of drug-likeness (QED) is 0.441. The molecule has 0 N–H and O–H groups in total. The molecule has 0 aliphatic carbocycles. The highest BCUT2D eigenvalue weighted by Crippen LogP contribution is 2.20. The summed E-state index contributed by atoms with van der Waals surface area (Å²) in [5, 5.41) is 10.8. The zero-order chi connectivity index (χ0) is 14.0. The third kappa shape index (κ3) is 2.65. The number of benzene rings is 1. The van der Waals surface area contributed by atoms with Gasteiger partial charge >= 0.3 is 0 Å². The second-order valence-corrected chi connectivity index (χ2v) is 4.19. The van der Waals surface area contributed by atoms with Gasteiger partial charge in [0.2, 0.25) is 0 Å². The van der Waals surface area contributed by atoms with Crippen LogP contribution in [0.5, 0.6) is 0 Å². The lowest BCUT2D eigenvalue weighted by Gasteiger charge is -2.24. The van der Waals surface area contributed by atoms with Crippen molar-refractivity contribution in [2.45, 2.75) is 6.42 Å². The Labute approximate surface area is 108 Å². The number of amides is 1. The number of hydrogen-bond acceptors (Lipinski definition) is 5. The van der Waals surface area contributed by atoms with Crippen molar-refractivity contribution in [3.63, 3.8) is 0 Å². The number of Topliss-reactive ketones (excluding diaryl/α,β-unsaturated/α-hetero) is 2. The van der Waals surface area contributed by atoms with Crippen LogP contribution < -0.4 is 0 Å². The Balaban J connectivity index is 2.32. The number of para-hydroxylation sites is 1. The highest BCUT2D eigenvalue weighted by atomic mass is 16.6. The fourth-order valence-electron chi connectivity index (χ4n) is 1.94. The monoisotopic (exact) mass is 262 g/mol. The predicted octanol–water partition coefficient (Wildman–Crippen LogP) is 0.579. The molecule has 7 heteroatoms. The number of ketones is 2. The first kappa shape index (κ1) is 12.9. The molecule has 0 bridgehead atoms. The molecule has 0 spiro atoms. The summed E-state index contributed by atoms with van der Waals surface area (Å²) in [6.07, 6.45) is -0.180. The first-order chi connectivity index (χ1) is 8.99. The molecule has 0 aromatic heterocycles. The van der Waals surface area contributed by atoms with Gasteiger partial charge in [0.05, 0.1) is 24.4 Å². The largest absolute Gasteiger partial charge is 0.324 e. The van der Waals surface area contributed by atoms with Gasteiger partial charge in [0.25, 0.3) is 11.6 Å². The Morgan fingerprint density at radius 3 is 2.32 bits per heavy atom. The number of piperidine rings is 1. The molecule has 1 saturated heterocycles. The molecule has 1 aliphatic heterocycles. The summed E-state index contributed by atoms with van der Waals surface area (Å²) in [6, 6.07) is 5.46. The molecule has 1 amide bonds. The van der Waals surface area contributed by atoms with Crippen LogP contribution in [-0.2, 0) is 9.59 Å². The van der Waals surface area contributed by atoms with Gasteiger partial charge in [-0.15, -0.1) is 0 Å². The molecule has 0 atom stereocenters. The maximum absolute atomic E-state index is 12.1. The molecule has 2 rings (SSSR count). The summed E-state index contributed by atoms with van der Waals surface area (Å²) >= 11 is 0. The summed E-state index contributed by atoms with van der Waals surface area (Å²) in [5.74, 6) is -1.39. The van der Waals surface area contributed by atoms with E-state index in [-0.39, 0.29) is 42.3 Å². The van der Waals surface area contributed by atoms with Gasteiger partial charge in [-0.2, -0.15) is 0 Å². The SMILES string of the molecule is O=C1CC(=O)CN(C(=O)c2ccccc2[N+](=O)[O-])C1. The van der Waals surface area contributed by atoms with Crippen LogP contribution in [0.2, 0.25) is 0 Å². The lowest BCUT2D eigenvalue weighted by atomic mass is 10.1. The van der Waals surface area contributed by atoms with E-state index in [9.17, 15) is 24.5 Å². The van der Waals surface area contributed by atoms with E-state index in [4.69, 9.17) is 0 Å². The van der Waals surface area contributed by atoms with Gasteiger partial charge in [-0.1, -0.05) is 12.1 Å². The van der Waals surface area contributed by atoms with Crippen molar-refractivity contribution in [1.29, 1.82) is 0 Å². The summed E-state index contributed by atoms with van der Waals surface area (Å²) in [6.45, 7) is -0.368. The van der Waals surface area contributed by atoms with Gasteiger partial charge in [-0.25, -0.2) is 0 Å². The molecule has 7 nitrogen and oxygen atoms in total. The topological polar surface area (TPSA) is 97.6 Å². The van der Waals surface area contributed by atoms with E-state index in [1.54, 1.807) is 0 Å². The number of nitro benzene ring substituents is 1. The van der Waals surface area contributed by atoms with Crippen molar-refractivity contribution in [2.75, 3.05) is 13.1 Å². The van der Waals surface area contributed by atoms with Gasteiger partial charge in [0.1, 0.15) is 5.56 Å². The van der Waals surface area contributed by atoms with Gasteiger partial charge < -0.3 is 4.90 Å². The fraction of sp³-hybridized carbons (Fsp3) is 0.250. The van der Waals surface area contributed by atoms with Crippen LogP contribution in [0.15, 0.2) is 24.3 Å². The van der Waals surface area contributed by atoms with Crippen LogP contribution in [-0.4, -0.2) is 40.4 Å². The van der Waals surface area contributed by atoms with Gasteiger partial charge in [0.15, 0.2) is 11.6 Å². The smallest absolute Gasteiger partial charge is 0.282 e. The van der Waals surface area contributed by atoms with Crippen LogP contribution >= 0.6 is 0 Å². The average Bonchev–Trinajstić information content (AvgIpc) is 2.36. The third-order valence-electron chi connectivity index (χ3n) is 2.75. The van der Waals surface area contributed by atoms with Crippen molar-refractivity contribution in [3.8, 4) is 0 Å². The first-order valence-corrected chi connectivity index (χ1v) is 5.55. The predicted molar refractivity (Wildman–Crippen MR) is 63.6 cm³/mol. The van der Waals surface area contributed by atoms with Crippen molar-refractivity contribution in [1.82, 2.24) is 4.90 Å². The molecule has 1 aliphatic rings. The van der Waals surface area contributed by atoms with E-state index in [0.29, 0.717) is 0 Å². The normalized spacial score (nSPS) is 15.5. The van der Waals surface area contributed by atoms with Crippen molar-refractivity contribution >= 4 is 23.2 Å². The lowest BCUT2D eigenvalue weighted by molar-refractivity contribution is -0.385. The molecular formula is C12H10N2O5. The molecular weight excluding hydrogens is 252 g/mol. The number of likely N-dealkylation sites (tertiary alicyclic amines) is 1. The Morgan fingerprint density at radius 1 is 1.16 bits per heavy atom. The second-order valence-electron chi connectivity index (χ2n) is 4.19. The van der Waals surface area contributed by atoms with Crippen LogP contribution in [0.3, 0.4) is 0 Å². The standard InChI is InChI=1S/C12H10N2O5/c15-8-5-9(16)7-13(6-8)12(17)10-3-1-2-4-11(10)14(18)19/h1-4H,5-7H2. The molecule has 0 radical (unpaired) electrons. The minimum atomic E-state index is -0.672. The minimum Gasteiger partial charge on any atom is -0.324 e. The van der Waals surface area contributed by atoms with E-state index in [2.05, 4.69) is 0 Å². The number of carbonyl (C=O) groups is 3. The average molecular weight is 262 g/mol. The van der Waals surface area contributed by atoms with E-state index in [1.165, 1.54) is 24.3 Å². The first-order valence-electron chi connectivity index (χ1n) is 5.55. The third-order valence-corrected chi connectivity index (χ3v) is 2.75. The van der Waals surface area contributed by atoms with E-state index >= 15 is 0 Å². The number of carbonyl (C=O) groups excluding carboxylic acids is 3. The number of nitro groups is 1. The minimum absolute atomic E-state index is 0.116. The van der Waals surface area contributed by atoms with Crippen LogP contribution in [0.4, 0.5) is 5.69 Å². The Kier molecular flexibility index (Phi) is 3.37. The Morgan fingerprint density at radius 2 is 1.74 bits per heavy atom. The van der Waals surface area contributed by atoms with Gasteiger partial charge in [-0.05, 0) is 6.07 Å². The van der Waals surface area contributed by atoms with Gasteiger partial charge in [0, 0.05) is 6.07 Å². The van der Waals surface area contributed by atoms with Crippen molar-refractivity contribution in [2.24, 2.45) is 0 Å². The van der Waals surface area contributed by atoms with Crippen LogP contribution in [0, 0.1) is 10.1 Å². The lowest BCUT2D eigenvalue weighted by Crippen LogP contribution is -2.44. The number of hydrogen-bond donors (Lipinski definition) is 0. The number of rotatable bonds is 2. The van der Waals surface area contributed by atoms with Crippen LogP contribution in [0.25, 0.3) is 0 Å². The molecule has 1 fully saturated rings. The maximum atomic E-state index is 12.1. The Bertz CT molecular complexity index is 565. The van der Waals surface area contributed by atoms with Gasteiger partial charge in [-0.3, -0.25) is 24.5 Å². The highest BCUT2D eigenvalue weighted by Gasteiger charge is 2.30. The zero-order valence-electron chi connectivity index (χ0n) is 9.87. The van der Waals surface area contributed by atoms with E-state index in [0.717, 1.165) is 4.90 Å². The summed E-state index contributed by atoms with van der Waals surface area (Å²) in [5.41, 5.74) is -0.451. The molecule has 19 heavy (non-hydrogen) atoms. The summed E-state index contributed by atoms with van der Waals surface area (Å²) in [4.78, 5) is 45.9. The zero-order valence-corrected chi connectivity index (χ0v) is 9.87. The maximum Gasteiger partial charge on any atom is 0.282 e. The molecule has 0 saturated carbocycles. The second kappa shape index (κ2) is 4.97. The highest BCUT2D eigenvalue weighted by molar-refractivity contribution is 6.09. The fourth-order valence-corrected chi connectivity index (χ4v) is 1.94. The van der Waals surface area contributed by atoms with Crippen molar-refractivity contribution < 1.29 is 19.3 Å².